The monoisotopic (exact) mass is 344 g/mol. The van der Waals surface area contributed by atoms with E-state index in [2.05, 4.69) is 10.3 Å². The van der Waals surface area contributed by atoms with Gasteiger partial charge in [-0.3, -0.25) is 9.78 Å². The van der Waals surface area contributed by atoms with E-state index in [1.54, 1.807) is 28.5 Å². The molecule has 24 heavy (non-hydrogen) atoms. The van der Waals surface area contributed by atoms with E-state index < -0.39 is 0 Å². The second kappa shape index (κ2) is 7.00. The topological polar surface area (TPSA) is 88.3 Å². The number of hydrogen-bond donors (Lipinski definition) is 2. The average molecular weight is 344 g/mol. The smallest absolute Gasteiger partial charge is 0.321 e. The minimum Gasteiger partial charge on any atom is -0.369 e. The van der Waals surface area contributed by atoms with Gasteiger partial charge in [0.15, 0.2) is 0 Å². The summed E-state index contributed by atoms with van der Waals surface area (Å²) < 4.78 is 0. The molecule has 3 rings (SSSR count). The highest BCUT2D eigenvalue weighted by Crippen LogP contribution is 2.29. The molecule has 2 aromatic heterocycles. The van der Waals surface area contributed by atoms with Crippen LogP contribution < -0.4 is 11.1 Å². The van der Waals surface area contributed by atoms with E-state index >= 15 is 0 Å². The van der Waals surface area contributed by atoms with Crippen LogP contribution in [0.25, 0.3) is 11.3 Å². The predicted octanol–water partition coefficient (Wildman–Crippen LogP) is 2.85. The van der Waals surface area contributed by atoms with Gasteiger partial charge < -0.3 is 16.0 Å². The third kappa shape index (κ3) is 3.56. The first-order valence-corrected chi connectivity index (χ1v) is 8.78. The Morgan fingerprint density at radius 1 is 1.46 bits per heavy atom. The number of urea groups is 1. The second-order valence-electron chi connectivity index (χ2n) is 5.96. The van der Waals surface area contributed by atoms with E-state index in [-0.39, 0.29) is 17.9 Å². The molecule has 0 radical (unpaired) electrons. The molecule has 1 aliphatic heterocycles. The van der Waals surface area contributed by atoms with Gasteiger partial charge in [-0.1, -0.05) is 0 Å². The van der Waals surface area contributed by atoms with Crippen molar-refractivity contribution in [1.82, 2.24) is 9.88 Å². The summed E-state index contributed by atoms with van der Waals surface area (Å²) in [5, 5.41) is 4.95. The Labute approximate surface area is 144 Å². The van der Waals surface area contributed by atoms with Crippen LogP contribution in [-0.2, 0) is 4.79 Å². The van der Waals surface area contributed by atoms with Gasteiger partial charge in [0.2, 0.25) is 5.91 Å². The SMILES string of the molecule is Cc1cc(-c2ncccc2NC(=O)N2CCC[C@H](C(N)=O)C2)cs1. The number of likely N-dealkylation sites (tertiary alicyclic amines) is 1. The van der Waals surface area contributed by atoms with Crippen LogP contribution in [0.15, 0.2) is 29.8 Å². The van der Waals surface area contributed by atoms with Gasteiger partial charge in [-0.05, 0) is 38.0 Å². The highest BCUT2D eigenvalue weighted by atomic mass is 32.1. The largest absolute Gasteiger partial charge is 0.369 e. The van der Waals surface area contributed by atoms with Gasteiger partial charge in [0, 0.05) is 35.1 Å². The van der Waals surface area contributed by atoms with Crippen molar-refractivity contribution >= 4 is 29.0 Å². The molecule has 3 amide bonds. The molecule has 1 saturated heterocycles. The number of nitrogens with zero attached hydrogens (tertiary/aromatic N) is 2. The Balaban J connectivity index is 1.76. The van der Waals surface area contributed by atoms with Gasteiger partial charge in [-0.25, -0.2) is 4.79 Å². The highest BCUT2D eigenvalue weighted by molar-refractivity contribution is 7.10. The summed E-state index contributed by atoms with van der Waals surface area (Å²) >= 11 is 1.64. The van der Waals surface area contributed by atoms with Crippen molar-refractivity contribution < 1.29 is 9.59 Å². The summed E-state index contributed by atoms with van der Waals surface area (Å²) in [4.78, 5) is 31.2. The Morgan fingerprint density at radius 2 is 2.29 bits per heavy atom. The maximum Gasteiger partial charge on any atom is 0.321 e. The number of aryl methyl sites for hydroxylation is 1. The third-order valence-electron chi connectivity index (χ3n) is 4.16. The Bertz CT molecular complexity index is 759. The van der Waals surface area contributed by atoms with Gasteiger partial charge in [-0.15, -0.1) is 11.3 Å². The zero-order valence-electron chi connectivity index (χ0n) is 13.5. The van der Waals surface area contributed by atoms with E-state index in [1.165, 1.54) is 4.88 Å². The van der Waals surface area contributed by atoms with Gasteiger partial charge in [0.1, 0.15) is 0 Å². The molecule has 1 fully saturated rings. The Morgan fingerprint density at radius 3 is 3.00 bits per heavy atom. The average Bonchev–Trinajstić information content (AvgIpc) is 3.01. The number of piperidine rings is 1. The number of amides is 3. The van der Waals surface area contributed by atoms with Crippen molar-refractivity contribution in [3.8, 4) is 11.3 Å². The maximum absolute atomic E-state index is 12.6. The molecule has 7 heteroatoms. The van der Waals surface area contributed by atoms with Crippen molar-refractivity contribution in [1.29, 1.82) is 0 Å². The minimum atomic E-state index is -0.344. The normalized spacial score (nSPS) is 17.5. The summed E-state index contributed by atoms with van der Waals surface area (Å²) in [6.07, 6.45) is 3.23. The lowest BCUT2D eigenvalue weighted by molar-refractivity contribution is -0.123. The van der Waals surface area contributed by atoms with Crippen molar-refractivity contribution in [2.75, 3.05) is 18.4 Å². The number of thiophene rings is 1. The first kappa shape index (κ1) is 16.4. The number of anilines is 1. The Hall–Kier alpha value is -2.41. The molecule has 0 aromatic carbocycles. The van der Waals surface area contributed by atoms with Crippen LogP contribution >= 0.6 is 11.3 Å². The lowest BCUT2D eigenvalue weighted by Gasteiger charge is -2.31. The van der Waals surface area contributed by atoms with Crippen molar-refractivity contribution in [3.05, 3.63) is 34.7 Å². The number of pyridine rings is 1. The fourth-order valence-electron chi connectivity index (χ4n) is 2.89. The van der Waals surface area contributed by atoms with Crippen LogP contribution in [0, 0.1) is 12.8 Å². The molecular formula is C17H20N4O2S. The lowest BCUT2D eigenvalue weighted by atomic mass is 9.98. The number of nitrogens with one attached hydrogen (secondary N) is 1. The Kier molecular flexibility index (Phi) is 4.80. The standard InChI is InChI=1S/C17H20N4O2S/c1-11-8-13(10-24-11)15-14(5-2-6-19-15)20-17(23)21-7-3-4-12(9-21)16(18)22/h2,5-6,8,10,12H,3-4,7,9H2,1H3,(H2,18,22)(H,20,23)/t12-/m0/s1. The molecular weight excluding hydrogens is 324 g/mol. The number of carbonyl (C=O) groups excluding carboxylic acids is 2. The first-order chi connectivity index (χ1) is 11.5. The molecule has 0 saturated carbocycles. The van der Waals surface area contributed by atoms with E-state index in [1.807, 2.05) is 24.4 Å². The van der Waals surface area contributed by atoms with Gasteiger partial charge in [0.25, 0.3) is 0 Å². The molecule has 3 heterocycles. The predicted molar refractivity (Wildman–Crippen MR) is 94.8 cm³/mol. The fraction of sp³-hybridized carbons (Fsp3) is 0.353. The fourth-order valence-corrected chi connectivity index (χ4v) is 3.58. The molecule has 1 aliphatic rings. The zero-order valence-corrected chi connectivity index (χ0v) is 14.3. The summed E-state index contributed by atoms with van der Waals surface area (Å²) in [5.74, 6) is -0.610. The van der Waals surface area contributed by atoms with Crippen molar-refractivity contribution in [2.24, 2.45) is 11.7 Å². The quantitative estimate of drug-likeness (QED) is 0.897. The highest BCUT2D eigenvalue weighted by Gasteiger charge is 2.27. The summed E-state index contributed by atoms with van der Waals surface area (Å²) in [5.41, 5.74) is 7.78. The van der Waals surface area contributed by atoms with Crippen LogP contribution in [0.3, 0.4) is 0 Å². The number of carbonyl (C=O) groups is 2. The molecule has 0 bridgehead atoms. The number of rotatable bonds is 3. The van der Waals surface area contributed by atoms with E-state index in [9.17, 15) is 9.59 Å². The molecule has 126 valence electrons. The molecule has 0 unspecified atom stereocenters. The minimum absolute atomic E-state index is 0.220. The third-order valence-corrected chi connectivity index (χ3v) is 5.03. The zero-order chi connectivity index (χ0) is 17.1. The molecule has 2 aromatic rings. The molecule has 1 atom stereocenters. The van der Waals surface area contributed by atoms with Crippen molar-refractivity contribution in [3.63, 3.8) is 0 Å². The first-order valence-electron chi connectivity index (χ1n) is 7.90. The molecule has 3 N–H and O–H groups in total. The molecule has 6 nitrogen and oxygen atoms in total. The van der Waals surface area contributed by atoms with E-state index in [4.69, 9.17) is 5.73 Å². The number of primary amides is 1. The van der Waals surface area contributed by atoms with Gasteiger partial charge >= 0.3 is 6.03 Å². The summed E-state index contributed by atoms with van der Waals surface area (Å²) in [6, 6.07) is 5.46. The van der Waals surface area contributed by atoms with Gasteiger partial charge in [0.05, 0.1) is 17.3 Å². The maximum atomic E-state index is 12.6. The van der Waals surface area contributed by atoms with Crippen LogP contribution in [-0.4, -0.2) is 34.9 Å². The number of nitrogens with two attached hydrogens (primary N) is 1. The summed E-state index contributed by atoms with van der Waals surface area (Å²) in [7, 11) is 0. The molecule has 0 aliphatic carbocycles. The van der Waals surface area contributed by atoms with E-state index in [0.717, 1.165) is 24.1 Å². The van der Waals surface area contributed by atoms with Gasteiger partial charge in [-0.2, -0.15) is 0 Å². The summed E-state index contributed by atoms with van der Waals surface area (Å²) in [6.45, 7) is 3.03. The number of aromatic nitrogens is 1. The second-order valence-corrected chi connectivity index (χ2v) is 7.08. The van der Waals surface area contributed by atoms with Crippen LogP contribution in [0.2, 0.25) is 0 Å². The van der Waals surface area contributed by atoms with Crippen LogP contribution in [0.1, 0.15) is 17.7 Å². The van der Waals surface area contributed by atoms with E-state index in [0.29, 0.717) is 18.8 Å². The molecule has 0 spiro atoms. The van der Waals surface area contributed by atoms with Crippen molar-refractivity contribution in [2.45, 2.75) is 19.8 Å². The number of hydrogen-bond acceptors (Lipinski definition) is 4. The van der Waals surface area contributed by atoms with Crippen LogP contribution in [0.5, 0.6) is 0 Å². The lowest BCUT2D eigenvalue weighted by Crippen LogP contribution is -2.45. The van der Waals surface area contributed by atoms with Crippen LogP contribution in [0.4, 0.5) is 10.5 Å².